The quantitative estimate of drug-likeness (QED) is 0.639. The van der Waals surface area contributed by atoms with E-state index in [1.54, 1.807) is 11.1 Å². The van der Waals surface area contributed by atoms with Crippen LogP contribution in [-0.4, -0.2) is 0 Å². The Labute approximate surface area is 121 Å². The van der Waals surface area contributed by atoms with Gasteiger partial charge in [-0.3, -0.25) is 0 Å². The predicted octanol–water partition coefficient (Wildman–Crippen LogP) is 5.21. The standard InChI is InChI=1S/C20H20/c1-3-13-5-7-15-10-12-18-14(4-2)6-8-16-9-11-17(13)19(15)20(16)18/h5-12,19-20H,3-4H2,1-2H3. The van der Waals surface area contributed by atoms with E-state index < -0.39 is 0 Å². The molecule has 0 fully saturated rings. The van der Waals surface area contributed by atoms with Crippen LogP contribution in [0.3, 0.4) is 0 Å². The SMILES string of the molecule is CCC1=CC=C2C=CC3=C(CC)C=CC4=CC=C1C2C43. The molecule has 4 aliphatic carbocycles. The lowest BCUT2D eigenvalue weighted by Crippen LogP contribution is -2.30. The Morgan fingerprint density at radius 3 is 2.30 bits per heavy atom. The van der Waals surface area contributed by atoms with Crippen molar-refractivity contribution in [1.82, 2.24) is 0 Å². The van der Waals surface area contributed by atoms with Gasteiger partial charge in [-0.1, -0.05) is 62.5 Å². The highest BCUT2D eigenvalue weighted by atomic mass is 14.4. The monoisotopic (exact) mass is 260 g/mol. The van der Waals surface area contributed by atoms with Crippen LogP contribution >= 0.6 is 0 Å². The highest BCUT2D eigenvalue weighted by Gasteiger charge is 2.39. The lowest BCUT2D eigenvalue weighted by atomic mass is 9.62. The minimum Gasteiger partial charge on any atom is -0.0613 e. The second-order valence-electron chi connectivity index (χ2n) is 5.96. The third kappa shape index (κ3) is 1.48. The van der Waals surface area contributed by atoms with Crippen LogP contribution in [-0.2, 0) is 0 Å². The lowest BCUT2D eigenvalue weighted by Gasteiger charge is -2.42. The molecule has 0 saturated heterocycles. The van der Waals surface area contributed by atoms with Crippen molar-refractivity contribution in [3.05, 3.63) is 82.0 Å². The maximum Gasteiger partial charge on any atom is 0.0202 e. The molecular weight excluding hydrogens is 240 g/mol. The fourth-order valence-electron chi connectivity index (χ4n) is 4.05. The number of hydrogen-bond donors (Lipinski definition) is 0. The Bertz CT molecular complexity index is 684. The summed E-state index contributed by atoms with van der Waals surface area (Å²) in [6.45, 7) is 4.52. The molecule has 0 saturated carbocycles. The fraction of sp³-hybridized carbons (Fsp3) is 0.300. The summed E-state index contributed by atoms with van der Waals surface area (Å²) in [6.07, 6.45) is 20.9. The molecule has 0 amide bonds. The zero-order valence-electron chi connectivity index (χ0n) is 12.2. The van der Waals surface area contributed by atoms with Gasteiger partial charge in [0.25, 0.3) is 0 Å². The van der Waals surface area contributed by atoms with Gasteiger partial charge in [0.05, 0.1) is 0 Å². The van der Waals surface area contributed by atoms with Crippen molar-refractivity contribution in [1.29, 1.82) is 0 Å². The summed E-state index contributed by atoms with van der Waals surface area (Å²) in [5.74, 6) is 1.11. The van der Waals surface area contributed by atoms with Gasteiger partial charge in [-0.25, -0.2) is 0 Å². The maximum atomic E-state index is 2.36. The van der Waals surface area contributed by atoms with E-state index in [9.17, 15) is 0 Å². The van der Waals surface area contributed by atoms with Gasteiger partial charge in [0.1, 0.15) is 0 Å². The van der Waals surface area contributed by atoms with Gasteiger partial charge in [-0.05, 0) is 46.3 Å². The summed E-state index contributed by atoms with van der Waals surface area (Å²) in [7, 11) is 0. The first-order chi connectivity index (χ1) is 9.83. The molecule has 0 aliphatic heterocycles. The van der Waals surface area contributed by atoms with Crippen molar-refractivity contribution < 1.29 is 0 Å². The molecule has 0 aromatic carbocycles. The van der Waals surface area contributed by atoms with E-state index in [1.807, 2.05) is 0 Å². The second kappa shape index (κ2) is 4.34. The van der Waals surface area contributed by atoms with Crippen molar-refractivity contribution in [2.75, 3.05) is 0 Å². The summed E-state index contributed by atoms with van der Waals surface area (Å²) in [6, 6.07) is 0. The van der Waals surface area contributed by atoms with Gasteiger partial charge >= 0.3 is 0 Å². The molecule has 0 bridgehead atoms. The van der Waals surface area contributed by atoms with E-state index >= 15 is 0 Å². The molecule has 0 N–H and O–H groups in total. The molecule has 0 heteroatoms. The molecule has 0 nitrogen and oxygen atoms in total. The highest BCUT2D eigenvalue weighted by Crippen LogP contribution is 2.51. The van der Waals surface area contributed by atoms with E-state index in [1.165, 1.54) is 22.3 Å². The van der Waals surface area contributed by atoms with Crippen molar-refractivity contribution in [3.63, 3.8) is 0 Å². The molecule has 0 heterocycles. The van der Waals surface area contributed by atoms with Gasteiger partial charge in [0, 0.05) is 11.8 Å². The average molecular weight is 260 g/mol. The average Bonchev–Trinajstić information content (AvgIpc) is 2.52. The third-order valence-corrected chi connectivity index (χ3v) is 5.09. The van der Waals surface area contributed by atoms with Crippen molar-refractivity contribution in [2.45, 2.75) is 26.7 Å². The first kappa shape index (κ1) is 12.0. The van der Waals surface area contributed by atoms with Gasteiger partial charge in [0.2, 0.25) is 0 Å². The summed E-state index contributed by atoms with van der Waals surface area (Å²) in [5, 5.41) is 0. The van der Waals surface area contributed by atoms with Crippen LogP contribution in [0, 0.1) is 11.8 Å². The van der Waals surface area contributed by atoms with Gasteiger partial charge in [0.15, 0.2) is 0 Å². The van der Waals surface area contributed by atoms with Gasteiger partial charge < -0.3 is 0 Å². The summed E-state index contributed by atoms with van der Waals surface area (Å²) in [5.41, 5.74) is 9.09. The fourth-order valence-corrected chi connectivity index (χ4v) is 4.05. The predicted molar refractivity (Wildman–Crippen MR) is 85.2 cm³/mol. The number of rotatable bonds is 2. The molecule has 4 rings (SSSR count). The van der Waals surface area contributed by atoms with Crippen molar-refractivity contribution in [3.8, 4) is 0 Å². The van der Waals surface area contributed by atoms with E-state index in [0.29, 0.717) is 11.8 Å². The Morgan fingerprint density at radius 1 is 0.750 bits per heavy atom. The molecule has 100 valence electrons. The zero-order valence-corrected chi connectivity index (χ0v) is 12.2. The van der Waals surface area contributed by atoms with E-state index in [-0.39, 0.29) is 0 Å². The molecule has 2 atom stereocenters. The van der Waals surface area contributed by atoms with Crippen LogP contribution in [0.2, 0.25) is 0 Å². The van der Waals surface area contributed by atoms with Gasteiger partial charge in [-0.15, -0.1) is 0 Å². The number of allylic oxidation sites excluding steroid dienone is 14. The second-order valence-corrected chi connectivity index (χ2v) is 5.96. The molecule has 2 unspecified atom stereocenters. The first-order valence-electron chi connectivity index (χ1n) is 7.75. The highest BCUT2D eigenvalue weighted by molar-refractivity contribution is 5.63. The molecule has 4 aliphatic rings. The molecule has 0 aromatic heterocycles. The summed E-state index contributed by atoms with van der Waals surface area (Å²) < 4.78 is 0. The van der Waals surface area contributed by atoms with E-state index in [2.05, 4.69) is 62.5 Å². The Kier molecular flexibility index (Phi) is 2.60. The maximum absolute atomic E-state index is 2.36. The molecule has 20 heavy (non-hydrogen) atoms. The van der Waals surface area contributed by atoms with Crippen molar-refractivity contribution >= 4 is 0 Å². The lowest BCUT2D eigenvalue weighted by molar-refractivity contribution is 0.549. The summed E-state index contributed by atoms with van der Waals surface area (Å²) in [4.78, 5) is 0. The zero-order chi connectivity index (χ0) is 13.7. The number of hydrogen-bond acceptors (Lipinski definition) is 0. The van der Waals surface area contributed by atoms with Crippen LogP contribution in [0.25, 0.3) is 0 Å². The Hall–Kier alpha value is -1.82. The topological polar surface area (TPSA) is 0 Å². The van der Waals surface area contributed by atoms with Crippen LogP contribution in [0.4, 0.5) is 0 Å². The molecule has 0 radical (unpaired) electrons. The molecule has 0 aromatic rings. The van der Waals surface area contributed by atoms with Crippen LogP contribution in [0.15, 0.2) is 82.0 Å². The van der Waals surface area contributed by atoms with Crippen LogP contribution in [0.1, 0.15) is 26.7 Å². The molecular formula is C20H20. The van der Waals surface area contributed by atoms with Crippen LogP contribution in [0.5, 0.6) is 0 Å². The minimum absolute atomic E-state index is 0.557. The Morgan fingerprint density at radius 2 is 1.50 bits per heavy atom. The first-order valence-corrected chi connectivity index (χ1v) is 7.75. The Balaban J connectivity index is 1.96. The van der Waals surface area contributed by atoms with E-state index in [4.69, 9.17) is 0 Å². The summed E-state index contributed by atoms with van der Waals surface area (Å²) >= 11 is 0. The van der Waals surface area contributed by atoms with Gasteiger partial charge in [-0.2, -0.15) is 0 Å². The minimum atomic E-state index is 0.557. The van der Waals surface area contributed by atoms with E-state index in [0.717, 1.165) is 12.8 Å². The normalized spacial score (nSPS) is 29.5. The largest absolute Gasteiger partial charge is 0.0613 e. The molecule has 0 spiro atoms. The third-order valence-electron chi connectivity index (χ3n) is 5.09. The smallest absolute Gasteiger partial charge is 0.0202 e. The van der Waals surface area contributed by atoms with Crippen molar-refractivity contribution in [2.24, 2.45) is 11.8 Å². The van der Waals surface area contributed by atoms with Crippen LogP contribution < -0.4 is 0 Å².